The molecule has 31 heteroatoms. The number of nitrogens with two attached hydrogens (primary N) is 3. The molecule has 0 aliphatic rings. The van der Waals surface area contributed by atoms with Crippen molar-refractivity contribution in [3.63, 3.8) is 0 Å². The molecule has 0 radical (unpaired) electrons. The van der Waals surface area contributed by atoms with E-state index in [1.54, 1.807) is 0 Å². The predicted molar refractivity (Wildman–Crippen MR) is 228 cm³/mol. The molecule has 22 N–H and O–H groups in total. The molecule has 2 aromatic heterocycles. The summed E-state index contributed by atoms with van der Waals surface area (Å²) in [5.41, 5.74) is 16.4. The Balaban J connectivity index is 0. The van der Waals surface area contributed by atoms with Crippen molar-refractivity contribution in [2.75, 3.05) is 111 Å². The first-order chi connectivity index (χ1) is 28.5. The number of aliphatic hydroxyl groups excluding tert-OH is 6. The first kappa shape index (κ1) is 62.2. The van der Waals surface area contributed by atoms with E-state index in [1.165, 1.54) is 41.3 Å². The number of aromatic nitrogens is 6. The number of nitrogen functional groups attached to an aromatic ring is 2. The number of rotatable bonds is 21. The molecule has 0 saturated heterocycles. The summed E-state index contributed by atoms with van der Waals surface area (Å²) in [6, 6.07) is 7.57. The maximum atomic E-state index is 12.4. The molecule has 0 amide bonds. The Hall–Kier alpha value is -2.90. The van der Waals surface area contributed by atoms with Crippen LogP contribution in [0.1, 0.15) is 11.1 Å². The number of hydrogen-bond donors (Lipinski definition) is 16. The Morgan fingerprint density at radius 3 is 1.41 bits per heavy atom. The zero-order valence-corrected chi connectivity index (χ0v) is 41.7. The summed E-state index contributed by atoms with van der Waals surface area (Å²) < 4.78 is 69.3. The Morgan fingerprint density at radius 1 is 0.603 bits per heavy atom. The van der Waals surface area contributed by atoms with Crippen LogP contribution in [0.15, 0.2) is 46.2 Å². The van der Waals surface area contributed by atoms with Crippen molar-refractivity contribution >= 4 is 79.5 Å². The maximum absolute atomic E-state index is 12.4. The summed E-state index contributed by atoms with van der Waals surface area (Å²) in [7, 11) is -9.68. The van der Waals surface area contributed by atoms with Crippen molar-refractivity contribution in [2.24, 2.45) is 5.73 Å². The molecule has 0 unspecified atom stereocenters. The van der Waals surface area contributed by atoms with Crippen LogP contribution in [0.25, 0.3) is 12.2 Å². The molecule has 0 fully saturated rings. The van der Waals surface area contributed by atoms with E-state index in [1.807, 2.05) is 0 Å². The second kappa shape index (κ2) is 32.7. The number of aliphatic hydroxyl groups is 6. The topological polar surface area (TPSA) is 473 Å². The summed E-state index contributed by atoms with van der Waals surface area (Å²) in [6.45, 7) is 1.43. The van der Waals surface area contributed by atoms with Crippen LogP contribution in [-0.2, 0) is 20.2 Å². The van der Waals surface area contributed by atoms with Crippen molar-refractivity contribution in [3.05, 3.63) is 47.5 Å². The van der Waals surface area contributed by atoms with Gasteiger partial charge in [-0.1, -0.05) is 24.3 Å². The van der Waals surface area contributed by atoms with Gasteiger partial charge in [-0.3, -0.25) is 9.11 Å². The molecule has 0 bridgehead atoms. The van der Waals surface area contributed by atoms with Gasteiger partial charge in [0.05, 0.1) is 39.6 Å². The fourth-order valence-electron chi connectivity index (χ4n) is 4.49. The van der Waals surface area contributed by atoms with Crippen molar-refractivity contribution < 1.29 is 138 Å². The fourth-order valence-corrected chi connectivity index (χ4v) is 5.91. The number of hydrogen-bond acceptors (Lipinski definition) is 24. The first-order valence-electron chi connectivity index (χ1n) is 17.6. The SMILES string of the molecule is NCCO.Nc1nc(NCCO)nc(Nc2ccc(/C=C/c3ccc(Nc4nc(N)nc(N(CCO)CCO)n4)cc3S(=O)(=O)O)c(S(=O)(=O)O)c2)n1.OCCNCCO.[K+].[NH4+].[Na+]. The van der Waals surface area contributed by atoms with Crippen LogP contribution in [0.5, 0.6) is 0 Å². The van der Waals surface area contributed by atoms with Crippen LogP contribution < -0.4 is 130 Å². The minimum absolute atomic E-state index is 0. The molecule has 0 spiro atoms. The van der Waals surface area contributed by atoms with E-state index in [0.717, 1.165) is 12.1 Å². The molecule has 0 atom stereocenters. The van der Waals surface area contributed by atoms with Crippen LogP contribution in [0.2, 0.25) is 0 Å². The zero-order chi connectivity index (χ0) is 44.7. The molecule has 340 valence electrons. The normalized spacial score (nSPS) is 10.7. The molecule has 2 aromatic carbocycles. The molecular weight excluding hydrogens is 913 g/mol. The molecule has 2 heterocycles. The first-order valence-corrected chi connectivity index (χ1v) is 20.4. The summed E-state index contributed by atoms with van der Waals surface area (Å²) in [6.07, 6.45) is 2.41. The molecule has 0 aliphatic heterocycles. The van der Waals surface area contributed by atoms with Crippen molar-refractivity contribution in [1.29, 1.82) is 0 Å². The van der Waals surface area contributed by atoms with E-state index >= 15 is 0 Å². The van der Waals surface area contributed by atoms with E-state index in [4.69, 9.17) is 37.6 Å². The molecule has 0 aliphatic carbocycles. The summed E-state index contributed by atoms with van der Waals surface area (Å²) in [4.78, 5) is 24.3. The van der Waals surface area contributed by atoms with Crippen molar-refractivity contribution in [3.8, 4) is 0 Å². The fraction of sp³-hybridized carbons (Fsp3) is 0.375. The van der Waals surface area contributed by atoms with Crippen LogP contribution in [0.4, 0.5) is 47.1 Å². The Morgan fingerprint density at radius 2 is 1.02 bits per heavy atom. The monoisotopic (exact) mass is 966 g/mol. The van der Waals surface area contributed by atoms with E-state index in [9.17, 15) is 36.2 Å². The van der Waals surface area contributed by atoms with Crippen molar-refractivity contribution in [2.45, 2.75) is 9.79 Å². The largest absolute Gasteiger partial charge is 1.00 e. The van der Waals surface area contributed by atoms with Gasteiger partial charge in [0, 0.05) is 50.6 Å². The summed E-state index contributed by atoms with van der Waals surface area (Å²) >= 11 is 0. The van der Waals surface area contributed by atoms with E-state index < -0.39 is 30.0 Å². The van der Waals surface area contributed by atoms with Gasteiger partial charge in [0.15, 0.2) is 0 Å². The third-order valence-corrected chi connectivity index (χ3v) is 8.77. The van der Waals surface area contributed by atoms with Gasteiger partial charge in [-0.25, -0.2) is 0 Å². The van der Waals surface area contributed by atoms with Crippen molar-refractivity contribution in [1.82, 2.24) is 41.4 Å². The van der Waals surface area contributed by atoms with E-state index in [0.29, 0.717) is 19.6 Å². The quantitative estimate of drug-likeness (QED) is 0.0160. The number of benzene rings is 2. The summed E-state index contributed by atoms with van der Waals surface area (Å²) in [5, 5.41) is 62.7. The smallest absolute Gasteiger partial charge is 0.395 e. The molecule has 4 aromatic rings. The Labute approximate surface area is 428 Å². The number of nitrogens with zero attached hydrogens (tertiary/aromatic N) is 7. The minimum atomic E-state index is -4.85. The van der Waals surface area contributed by atoms with E-state index in [2.05, 4.69) is 51.2 Å². The third kappa shape index (κ3) is 23.2. The minimum Gasteiger partial charge on any atom is -0.395 e. The molecule has 63 heavy (non-hydrogen) atoms. The zero-order valence-electron chi connectivity index (χ0n) is 35.0. The standard InChI is InChI=1S/C26H32N12O9S2.C4H11NO2.C2H7NO.K.H3N.Na/c27-21-32-23(29-7-10-39)36-24(33-21)30-17-5-3-15(19(13-17)48(42,43)44)1-2-16-4-6-18(14-20(16)49(45,46)47)31-25-34-22(28)35-26(37-25)38(8-11-40)9-12-41;6-3-1-5-2-4-7;3-1-2-4;;;/h1-6,13-14,39-41H,7-12H2,(H,42,43,44)(H,45,46,47)(H3,28,31,34,35,37)(H4,27,29,30,32,33,36);5-7H,1-4H2;4H,1-3H2;;1H3;/q;;;+1;;+1/p+1/b2-1+;;;;;. The summed E-state index contributed by atoms with van der Waals surface area (Å²) in [5.74, 6) is -0.505. The van der Waals surface area contributed by atoms with Gasteiger partial charge in [-0.15, -0.1) is 0 Å². The van der Waals surface area contributed by atoms with Crippen LogP contribution in [0.3, 0.4) is 0 Å². The molecule has 27 nitrogen and oxygen atoms in total. The van der Waals surface area contributed by atoms with Gasteiger partial charge >= 0.3 is 80.9 Å². The molecule has 4 rings (SSSR count). The van der Waals surface area contributed by atoms with Gasteiger partial charge in [0.1, 0.15) is 9.79 Å². The Kier molecular flexibility index (Phi) is 32.3. The predicted octanol–water partition coefficient (Wildman–Crippen LogP) is -8.55. The van der Waals surface area contributed by atoms with Gasteiger partial charge in [-0.05, 0) is 35.4 Å². The van der Waals surface area contributed by atoms with Gasteiger partial charge in [0.25, 0.3) is 20.2 Å². The second-order valence-corrected chi connectivity index (χ2v) is 14.3. The van der Waals surface area contributed by atoms with Gasteiger partial charge in [0.2, 0.25) is 35.7 Å². The second-order valence-electron chi connectivity index (χ2n) is 11.5. The van der Waals surface area contributed by atoms with E-state index in [-0.39, 0.29) is 205 Å². The molecular formula is C32H54KN15NaO12S2+3. The van der Waals surface area contributed by atoms with Crippen LogP contribution >= 0.6 is 0 Å². The van der Waals surface area contributed by atoms with Gasteiger partial charge < -0.3 is 80.2 Å². The van der Waals surface area contributed by atoms with Gasteiger partial charge in [-0.2, -0.15) is 46.7 Å². The number of nitrogens with one attached hydrogen (secondary N) is 4. The molecule has 0 saturated carbocycles. The Bertz CT molecular complexity index is 2190. The van der Waals surface area contributed by atoms with Crippen LogP contribution in [-0.4, -0.2) is 165 Å². The van der Waals surface area contributed by atoms with Crippen LogP contribution in [0, 0.1) is 0 Å². The maximum Gasteiger partial charge on any atom is 1.00 e. The third-order valence-electron chi connectivity index (χ3n) is 6.96. The average molecular weight is 967 g/mol. The number of quaternary nitrogens is 1. The average Bonchev–Trinajstić information content (AvgIpc) is 3.19. The number of anilines is 8.